The van der Waals surface area contributed by atoms with Crippen molar-refractivity contribution >= 4 is 17.9 Å². The van der Waals surface area contributed by atoms with E-state index < -0.39 is 5.91 Å². The molecule has 148 valence electrons. The lowest BCUT2D eigenvalue weighted by atomic mass is 9.69. The fourth-order valence-corrected chi connectivity index (χ4v) is 3.56. The number of ether oxygens (including phenoxy) is 1. The SMILES string of the molecule is CCC(C)(C)C1CCC(NC(=O)/C=C/c2ccc(OCC(N)=O)cc2)CC1. The van der Waals surface area contributed by atoms with Gasteiger partial charge in [0.15, 0.2) is 6.61 Å². The Labute approximate surface area is 162 Å². The van der Waals surface area contributed by atoms with Crippen molar-refractivity contribution in [2.45, 2.75) is 58.9 Å². The van der Waals surface area contributed by atoms with Crippen LogP contribution in [-0.2, 0) is 9.59 Å². The molecule has 1 aromatic rings. The molecule has 0 heterocycles. The second kappa shape index (κ2) is 9.58. The van der Waals surface area contributed by atoms with Crippen LogP contribution in [0.1, 0.15) is 58.4 Å². The molecule has 0 bridgehead atoms. The van der Waals surface area contributed by atoms with Gasteiger partial charge in [0.2, 0.25) is 5.91 Å². The lowest BCUT2D eigenvalue weighted by molar-refractivity contribution is -0.120. The van der Waals surface area contributed by atoms with Crippen LogP contribution < -0.4 is 15.8 Å². The number of carbonyl (C=O) groups excluding carboxylic acids is 2. The largest absolute Gasteiger partial charge is 0.484 e. The molecule has 0 atom stereocenters. The van der Waals surface area contributed by atoms with E-state index >= 15 is 0 Å². The van der Waals surface area contributed by atoms with Crippen molar-refractivity contribution in [3.05, 3.63) is 35.9 Å². The van der Waals surface area contributed by atoms with Gasteiger partial charge in [0.25, 0.3) is 5.91 Å². The molecule has 1 aliphatic carbocycles. The van der Waals surface area contributed by atoms with Crippen molar-refractivity contribution < 1.29 is 14.3 Å². The number of hydrogen-bond acceptors (Lipinski definition) is 3. The summed E-state index contributed by atoms with van der Waals surface area (Å²) < 4.78 is 5.21. The lowest BCUT2D eigenvalue weighted by Crippen LogP contribution is -2.39. The zero-order valence-electron chi connectivity index (χ0n) is 16.7. The second-order valence-electron chi connectivity index (χ2n) is 8.06. The molecule has 1 aromatic carbocycles. The molecule has 0 saturated heterocycles. The Morgan fingerprint density at radius 2 is 1.81 bits per heavy atom. The van der Waals surface area contributed by atoms with Gasteiger partial charge in [-0.15, -0.1) is 0 Å². The van der Waals surface area contributed by atoms with E-state index in [4.69, 9.17) is 10.5 Å². The third-order valence-electron chi connectivity index (χ3n) is 5.78. The van der Waals surface area contributed by atoms with E-state index in [0.717, 1.165) is 24.3 Å². The molecule has 1 saturated carbocycles. The number of benzene rings is 1. The molecule has 0 spiro atoms. The third-order valence-corrected chi connectivity index (χ3v) is 5.78. The van der Waals surface area contributed by atoms with E-state index in [1.807, 2.05) is 12.1 Å². The number of nitrogens with one attached hydrogen (secondary N) is 1. The van der Waals surface area contributed by atoms with Crippen LogP contribution >= 0.6 is 0 Å². The van der Waals surface area contributed by atoms with E-state index in [2.05, 4.69) is 26.1 Å². The average molecular weight is 373 g/mol. The minimum Gasteiger partial charge on any atom is -0.484 e. The van der Waals surface area contributed by atoms with Gasteiger partial charge in [0.1, 0.15) is 5.75 Å². The third kappa shape index (κ3) is 6.74. The zero-order valence-corrected chi connectivity index (χ0v) is 16.7. The van der Waals surface area contributed by atoms with E-state index in [9.17, 15) is 9.59 Å². The van der Waals surface area contributed by atoms with Gasteiger partial charge in [-0.1, -0.05) is 39.3 Å². The van der Waals surface area contributed by atoms with E-state index in [0.29, 0.717) is 11.2 Å². The maximum Gasteiger partial charge on any atom is 0.255 e. The summed E-state index contributed by atoms with van der Waals surface area (Å²) in [7, 11) is 0. The predicted octanol–water partition coefficient (Wildman–Crippen LogP) is 3.68. The fraction of sp³-hybridized carbons (Fsp3) is 0.545. The van der Waals surface area contributed by atoms with Crippen LogP contribution in [0.5, 0.6) is 5.75 Å². The number of nitrogens with two attached hydrogens (primary N) is 1. The van der Waals surface area contributed by atoms with Gasteiger partial charge in [-0.3, -0.25) is 9.59 Å². The van der Waals surface area contributed by atoms with Crippen LogP contribution in [-0.4, -0.2) is 24.5 Å². The molecular weight excluding hydrogens is 340 g/mol. The summed E-state index contributed by atoms with van der Waals surface area (Å²) in [6, 6.07) is 7.43. The Balaban J connectivity index is 1.78. The molecule has 2 amide bonds. The molecule has 5 nitrogen and oxygen atoms in total. The van der Waals surface area contributed by atoms with Gasteiger partial charge in [0.05, 0.1) is 0 Å². The fourth-order valence-electron chi connectivity index (χ4n) is 3.56. The Morgan fingerprint density at radius 1 is 1.19 bits per heavy atom. The summed E-state index contributed by atoms with van der Waals surface area (Å²) in [4.78, 5) is 22.9. The van der Waals surface area contributed by atoms with Gasteiger partial charge < -0.3 is 15.8 Å². The summed E-state index contributed by atoms with van der Waals surface area (Å²) in [5.74, 6) is 0.758. The minimum atomic E-state index is -0.511. The Morgan fingerprint density at radius 3 is 2.37 bits per heavy atom. The predicted molar refractivity (Wildman–Crippen MR) is 108 cm³/mol. The monoisotopic (exact) mass is 372 g/mol. The molecule has 27 heavy (non-hydrogen) atoms. The molecule has 1 fully saturated rings. The van der Waals surface area contributed by atoms with Crippen molar-refractivity contribution in [3.63, 3.8) is 0 Å². The highest BCUT2D eigenvalue weighted by Gasteiger charge is 2.31. The van der Waals surface area contributed by atoms with Crippen molar-refractivity contribution in [2.75, 3.05) is 6.61 Å². The zero-order chi connectivity index (χ0) is 19.9. The molecule has 5 heteroatoms. The van der Waals surface area contributed by atoms with E-state index in [1.54, 1.807) is 24.3 Å². The molecule has 3 N–H and O–H groups in total. The molecule has 0 unspecified atom stereocenters. The average Bonchev–Trinajstić information content (AvgIpc) is 2.66. The highest BCUT2D eigenvalue weighted by atomic mass is 16.5. The van der Waals surface area contributed by atoms with Gasteiger partial charge in [-0.2, -0.15) is 0 Å². The first kappa shape index (κ1) is 21.0. The quantitative estimate of drug-likeness (QED) is 0.683. The van der Waals surface area contributed by atoms with Crippen molar-refractivity contribution in [1.29, 1.82) is 0 Å². The first-order valence-corrected chi connectivity index (χ1v) is 9.80. The standard InChI is InChI=1S/C22H32N2O3/c1-4-22(2,3)17-8-10-18(11-9-17)24-21(26)14-7-16-5-12-19(13-6-16)27-15-20(23)25/h5-7,12-14,17-18H,4,8-11,15H2,1-3H3,(H2,23,25)(H,24,26)/b14-7+. The Hall–Kier alpha value is -2.30. The minimum absolute atomic E-state index is 0.0535. The van der Waals surface area contributed by atoms with Crippen LogP contribution in [0, 0.1) is 11.3 Å². The highest BCUT2D eigenvalue weighted by Crippen LogP contribution is 2.40. The molecule has 0 radical (unpaired) electrons. The second-order valence-corrected chi connectivity index (χ2v) is 8.06. The first-order chi connectivity index (χ1) is 12.8. The summed E-state index contributed by atoms with van der Waals surface area (Å²) in [6.45, 7) is 6.82. The van der Waals surface area contributed by atoms with Gasteiger partial charge in [-0.25, -0.2) is 0 Å². The van der Waals surface area contributed by atoms with Crippen LogP contribution in [0.2, 0.25) is 0 Å². The van der Waals surface area contributed by atoms with Crippen molar-refractivity contribution in [2.24, 2.45) is 17.1 Å². The summed E-state index contributed by atoms with van der Waals surface area (Å²) in [6.07, 6.45) is 9.02. The lowest BCUT2D eigenvalue weighted by Gasteiger charge is -2.39. The molecular formula is C22H32N2O3. The number of carbonyl (C=O) groups is 2. The first-order valence-electron chi connectivity index (χ1n) is 9.80. The van der Waals surface area contributed by atoms with Crippen LogP contribution in [0.4, 0.5) is 0 Å². The Kier molecular flexibility index (Phi) is 7.45. The topological polar surface area (TPSA) is 81.4 Å². The van der Waals surface area contributed by atoms with E-state index in [-0.39, 0.29) is 18.6 Å². The smallest absolute Gasteiger partial charge is 0.255 e. The van der Waals surface area contributed by atoms with Crippen molar-refractivity contribution in [3.8, 4) is 5.75 Å². The van der Waals surface area contributed by atoms with Gasteiger partial charge in [0, 0.05) is 12.1 Å². The number of amides is 2. The summed E-state index contributed by atoms with van der Waals surface area (Å²) >= 11 is 0. The summed E-state index contributed by atoms with van der Waals surface area (Å²) in [5.41, 5.74) is 6.33. The molecule has 0 aliphatic heterocycles. The van der Waals surface area contributed by atoms with Gasteiger partial charge >= 0.3 is 0 Å². The maximum atomic E-state index is 12.2. The van der Waals surface area contributed by atoms with Crippen LogP contribution in [0.3, 0.4) is 0 Å². The van der Waals surface area contributed by atoms with Crippen LogP contribution in [0.15, 0.2) is 30.3 Å². The number of primary amides is 1. The highest BCUT2D eigenvalue weighted by molar-refractivity contribution is 5.91. The Bertz CT molecular complexity index is 657. The number of hydrogen-bond donors (Lipinski definition) is 2. The molecule has 0 aromatic heterocycles. The maximum absolute atomic E-state index is 12.2. The molecule has 2 rings (SSSR count). The molecule has 1 aliphatic rings. The summed E-state index contributed by atoms with van der Waals surface area (Å²) in [5, 5.41) is 3.12. The van der Waals surface area contributed by atoms with Gasteiger partial charge in [-0.05, 0) is 60.8 Å². The van der Waals surface area contributed by atoms with Crippen molar-refractivity contribution in [1.82, 2.24) is 5.32 Å². The number of rotatable bonds is 8. The van der Waals surface area contributed by atoms with Crippen LogP contribution in [0.25, 0.3) is 6.08 Å². The normalized spacial score (nSPS) is 20.4. The van der Waals surface area contributed by atoms with E-state index in [1.165, 1.54) is 19.3 Å².